The van der Waals surface area contributed by atoms with Gasteiger partial charge < -0.3 is 5.32 Å². The maximum atomic E-state index is 12.6. The molecule has 114 valence electrons. The van der Waals surface area contributed by atoms with Crippen LogP contribution in [0.5, 0.6) is 0 Å². The molecule has 2 nitrogen and oxygen atoms in total. The quantitative estimate of drug-likeness (QED) is 0.505. The van der Waals surface area contributed by atoms with Gasteiger partial charge in [0.1, 0.15) is 11.0 Å². The summed E-state index contributed by atoms with van der Waals surface area (Å²) in [7, 11) is 0. The summed E-state index contributed by atoms with van der Waals surface area (Å²) < 4.78 is 37.8. The molecular formula is C14H20ClF3N2. The van der Waals surface area contributed by atoms with E-state index in [1.54, 1.807) is 0 Å². The van der Waals surface area contributed by atoms with Gasteiger partial charge in [-0.05, 0) is 18.6 Å². The molecule has 0 bridgehead atoms. The van der Waals surface area contributed by atoms with Gasteiger partial charge in [0.15, 0.2) is 0 Å². The highest BCUT2D eigenvalue weighted by Crippen LogP contribution is 2.31. The van der Waals surface area contributed by atoms with Crippen LogP contribution in [0.1, 0.15) is 51.0 Å². The van der Waals surface area contributed by atoms with Crippen LogP contribution in [0.15, 0.2) is 12.1 Å². The van der Waals surface area contributed by atoms with Crippen LogP contribution in [0.3, 0.4) is 0 Å². The standard InChI is InChI=1S/C14H20ClF3N2/c1-2-3-4-5-6-7-8-19-13-10-11(14(16,17)18)9-12(15)20-13/h9-10H,2-8H2,1H3,(H,19,20). The lowest BCUT2D eigenvalue weighted by Crippen LogP contribution is -2.09. The number of aromatic nitrogens is 1. The van der Waals surface area contributed by atoms with Crippen molar-refractivity contribution in [3.05, 3.63) is 22.8 Å². The third kappa shape index (κ3) is 6.46. The summed E-state index contributed by atoms with van der Waals surface area (Å²) in [4.78, 5) is 3.85. The number of pyridine rings is 1. The first-order chi connectivity index (χ1) is 9.43. The van der Waals surface area contributed by atoms with Gasteiger partial charge >= 0.3 is 6.18 Å². The van der Waals surface area contributed by atoms with Gasteiger partial charge in [-0.15, -0.1) is 0 Å². The number of anilines is 1. The minimum Gasteiger partial charge on any atom is -0.370 e. The zero-order chi connectivity index (χ0) is 15.0. The van der Waals surface area contributed by atoms with Crippen LogP contribution >= 0.6 is 11.6 Å². The maximum absolute atomic E-state index is 12.6. The number of nitrogens with zero attached hydrogens (tertiary/aromatic N) is 1. The molecule has 0 aromatic carbocycles. The molecule has 6 heteroatoms. The van der Waals surface area contributed by atoms with Crippen molar-refractivity contribution in [3.63, 3.8) is 0 Å². The molecule has 1 aromatic heterocycles. The van der Waals surface area contributed by atoms with Gasteiger partial charge in [-0.3, -0.25) is 0 Å². The summed E-state index contributed by atoms with van der Waals surface area (Å²) in [6.07, 6.45) is 2.39. The Labute approximate surface area is 122 Å². The van der Waals surface area contributed by atoms with Gasteiger partial charge in [-0.2, -0.15) is 13.2 Å². The Morgan fingerprint density at radius 2 is 1.75 bits per heavy atom. The molecule has 0 spiro atoms. The SMILES string of the molecule is CCCCCCCCNc1cc(C(F)(F)F)cc(Cl)n1. The third-order valence-electron chi connectivity index (χ3n) is 2.96. The molecule has 0 atom stereocenters. The average Bonchev–Trinajstić information content (AvgIpc) is 2.36. The number of alkyl halides is 3. The van der Waals surface area contributed by atoms with E-state index < -0.39 is 11.7 Å². The lowest BCUT2D eigenvalue weighted by Gasteiger charge is -2.10. The van der Waals surface area contributed by atoms with Crippen molar-refractivity contribution in [3.8, 4) is 0 Å². The number of unbranched alkanes of at least 4 members (excludes halogenated alkanes) is 5. The molecule has 0 aliphatic carbocycles. The van der Waals surface area contributed by atoms with E-state index in [2.05, 4.69) is 17.2 Å². The minimum absolute atomic E-state index is 0.148. The molecular weight excluding hydrogens is 289 g/mol. The van der Waals surface area contributed by atoms with E-state index in [0.29, 0.717) is 6.54 Å². The molecule has 0 amide bonds. The molecule has 0 aliphatic rings. The molecule has 0 saturated heterocycles. The summed E-state index contributed by atoms with van der Waals surface area (Å²) in [5.74, 6) is 0.179. The maximum Gasteiger partial charge on any atom is 0.416 e. The molecule has 0 saturated carbocycles. The summed E-state index contributed by atoms with van der Waals surface area (Å²) in [6.45, 7) is 2.77. The highest BCUT2D eigenvalue weighted by Gasteiger charge is 2.31. The number of halogens is 4. The van der Waals surface area contributed by atoms with Crippen molar-refractivity contribution in [2.24, 2.45) is 0 Å². The van der Waals surface area contributed by atoms with Gasteiger partial charge in [0, 0.05) is 6.54 Å². The highest BCUT2D eigenvalue weighted by atomic mass is 35.5. The zero-order valence-electron chi connectivity index (χ0n) is 11.6. The van der Waals surface area contributed by atoms with E-state index in [1.807, 2.05) is 0 Å². The Morgan fingerprint density at radius 3 is 2.40 bits per heavy atom. The van der Waals surface area contributed by atoms with Crippen molar-refractivity contribution in [2.45, 2.75) is 51.6 Å². The Balaban J connectivity index is 2.39. The van der Waals surface area contributed by atoms with Crippen molar-refractivity contribution in [2.75, 3.05) is 11.9 Å². The lowest BCUT2D eigenvalue weighted by atomic mass is 10.1. The van der Waals surface area contributed by atoms with Gasteiger partial charge in [0.25, 0.3) is 0 Å². The molecule has 0 fully saturated rings. The monoisotopic (exact) mass is 308 g/mol. The molecule has 0 unspecified atom stereocenters. The molecule has 20 heavy (non-hydrogen) atoms. The zero-order valence-corrected chi connectivity index (χ0v) is 12.3. The fraction of sp³-hybridized carbons (Fsp3) is 0.643. The fourth-order valence-electron chi connectivity index (χ4n) is 1.87. The Bertz CT molecular complexity index is 408. The van der Waals surface area contributed by atoms with E-state index in [4.69, 9.17) is 11.6 Å². The van der Waals surface area contributed by atoms with Crippen LogP contribution in [-0.2, 0) is 6.18 Å². The van der Waals surface area contributed by atoms with Gasteiger partial charge in [-0.1, -0.05) is 50.6 Å². The van der Waals surface area contributed by atoms with Gasteiger partial charge in [0.05, 0.1) is 5.56 Å². The first-order valence-corrected chi connectivity index (χ1v) is 7.30. The predicted octanol–water partition coefficient (Wildman–Crippen LogP) is 5.53. The summed E-state index contributed by atoms with van der Waals surface area (Å²) in [6, 6.07) is 1.82. The summed E-state index contributed by atoms with van der Waals surface area (Å²) >= 11 is 5.60. The smallest absolute Gasteiger partial charge is 0.370 e. The van der Waals surface area contributed by atoms with Gasteiger partial charge in [-0.25, -0.2) is 4.98 Å². The molecule has 1 heterocycles. The highest BCUT2D eigenvalue weighted by molar-refractivity contribution is 6.29. The van der Waals surface area contributed by atoms with Gasteiger partial charge in [0.2, 0.25) is 0 Å². The normalized spacial score (nSPS) is 11.7. The minimum atomic E-state index is -4.40. The second-order valence-electron chi connectivity index (χ2n) is 4.76. The van der Waals surface area contributed by atoms with Crippen LogP contribution in [0, 0.1) is 0 Å². The second kappa shape index (κ2) is 8.35. The number of nitrogens with one attached hydrogen (secondary N) is 1. The molecule has 0 aliphatic heterocycles. The van der Waals surface area contributed by atoms with E-state index in [-0.39, 0.29) is 11.0 Å². The number of hydrogen-bond acceptors (Lipinski definition) is 2. The Kier molecular flexibility index (Phi) is 7.13. The van der Waals surface area contributed by atoms with E-state index in [1.165, 1.54) is 19.3 Å². The largest absolute Gasteiger partial charge is 0.416 e. The molecule has 1 aromatic rings. The van der Waals surface area contributed by atoms with Crippen LogP contribution in [-0.4, -0.2) is 11.5 Å². The third-order valence-corrected chi connectivity index (χ3v) is 3.15. The Morgan fingerprint density at radius 1 is 1.10 bits per heavy atom. The predicted molar refractivity (Wildman–Crippen MR) is 76.1 cm³/mol. The van der Waals surface area contributed by atoms with E-state index >= 15 is 0 Å². The molecule has 1 N–H and O–H groups in total. The van der Waals surface area contributed by atoms with E-state index in [0.717, 1.165) is 31.4 Å². The first kappa shape index (κ1) is 17.1. The first-order valence-electron chi connectivity index (χ1n) is 6.92. The fourth-order valence-corrected chi connectivity index (χ4v) is 2.08. The summed E-state index contributed by atoms with van der Waals surface area (Å²) in [5.41, 5.74) is -0.775. The van der Waals surface area contributed by atoms with Crippen LogP contribution in [0.2, 0.25) is 5.15 Å². The van der Waals surface area contributed by atoms with Crippen LogP contribution in [0.4, 0.5) is 19.0 Å². The molecule has 1 rings (SSSR count). The van der Waals surface area contributed by atoms with Crippen molar-refractivity contribution in [1.82, 2.24) is 4.98 Å². The van der Waals surface area contributed by atoms with Crippen molar-refractivity contribution in [1.29, 1.82) is 0 Å². The van der Waals surface area contributed by atoms with Crippen molar-refractivity contribution < 1.29 is 13.2 Å². The number of hydrogen-bond donors (Lipinski definition) is 1. The topological polar surface area (TPSA) is 24.9 Å². The second-order valence-corrected chi connectivity index (χ2v) is 5.14. The van der Waals surface area contributed by atoms with Crippen molar-refractivity contribution >= 4 is 17.4 Å². The van der Waals surface area contributed by atoms with E-state index in [9.17, 15) is 13.2 Å². The number of rotatable bonds is 8. The van der Waals surface area contributed by atoms with Crippen LogP contribution < -0.4 is 5.32 Å². The van der Waals surface area contributed by atoms with Crippen LogP contribution in [0.25, 0.3) is 0 Å². The average molecular weight is 309 g/mol. The Hall–Kier alpha value is -0.970. The lowest BCUT2D eigenvalue weighted by molar-refractivity contribution is -0.137. The summed E-state index contributed by atoms with van der Waals surface area (Å²) in [5, 5.41) is 2.75. The molecule has 0 radical (unpaired) electrons.